The van der Waals surface area contributed by atoms with Gasteiger partial charge in [0.1, 0.15) is 12.1 Å². The molecule has 2 saturated heterocycles. The number of oxazole rings is 1. The van der Waals surface area contributed by atoms with Crippen LogP contribution in [0.3, 0.4) is 0 Å². The van der Waals surface area contributed by atoms with E-state index >= 15 is 0 Å². The standard InChI is InChI=1S/C18H21FN4O3/c19-14-4-1-2-5-16(14)22-9-7-21(8-10-22)12-17-20-15(13-25-17)18(24)23-6-3-11-26-23/h1-2,4-5,13H,3,6-12H2. The van der Waals surface area contributed by atoms with Gasteiger partial charge in [-0.25, -0.2) is 14.4 Å². The van der Waals surface area contributed by atoms with E-state index in [0.717, 1.165) is 32.6 Å². The number of rotatable bonds is 4. The lowest BCUT2D eigenvalue weighted by Gasteiger charge is -2.35. The van der Waals surface area contributed by atoms with E-state index in [1.165, 1.54) is 17.4 Å². The minimum Gasteiger partial charge on any atom is -0.447 e. The van der Waals surface area contributed by atoms with Gasteiger partial charge in [-0.15, -0.1) is 0 Å². The Morgan fingerprint density at radius 2 is 1.96 bits per heavy atom. The normalized spacial score (nSPS) is 18.5. The molecule has 2 aliphatic rings. The molecule has 0 bridgehead atoms. The van der Waals surface area contributed by atoms with E-state index in [9.17, 15) is 9.18 Å². The summed E-state index contributed by atoms with van der Waals surface area (Å²) in [5.74, 6) is 0.0506. The van der Waals surface area contributed by atoms with Crippen LogP contribution in [0, 0.1) is 5.82 Å². The number of nitrogens with zero attached hydrogens (tertiary/aromatic N) is 4. The fourth-order valence-electron chi connectivity index (χ4n) is 3.26. The van der Waals surface area contributed by atoms with Crippen LogP contribution in [0.25, 0.3) is 0 Å². The van der Waals surface area contributed by atoms with Gasteiger partial charge in [0.25, 0.3) is 5.91 Å². The molecule has 1 aromatic carbocycles. The highest BCUT2D eigenvalue weighted by molar-refractivity contribution is 5.91. The van der Waals surface area contributed by atoms with Crippen LogP contribution in [0.15, 0.2) is 34.9 Å². The molecule has 26 heavy (non-hydrogen) atoms. The van der Waals surface area contributed by atoms with Gasteiger partial charge in [0, 0.05) is 26.2 Å². The second kappa shape index (κ2) is 7.43. The van der Waals surface area contributed by atoms with Crippen LogP contribution >= 0.6 is 0 Å². The first-order valence-electron chi connectivity index (χ1n) is 8.82. The highest BCUT2D eigenvalue weighted by Gasteiger charge is 2.25. The van der Waals surface area contributed by atoms with Crippen molar-refractivity contribution in [2.24, 2.45) is 0 Å². The molecule has 0 spiro atoms. The van der Waals surface area contributed by atoms with Gasteiger partial charge in [-0.2, -0.15) is 0 Å². The molecule has 2 fully saturated rings. The quantitative estimate of drug-likeness (QED) is 0.830. The largest absolute Gasteiger partial charge is 0.447 e. The maximum atomic E-state index is 13.9. The predicted octanol–water partition coefficient (Wildman–Crippen LogP) is 1.91. The van der Waals surface area contributed by atoms with Crippen molar-refractivity contribution in [3.8, 4) is 0 Å². The zero-order chi connectivity index (χ0) is 17.9. The van der Waals surface area contributed by atoms with Crippen molar-refractivity contribution in [1.82, 2.24) is 14.9 Å². The van der Waals surface area contributed by atoms with Crippen LogP contribution in [0.5, 0.6) is 0 Å². The summed E-state index contributed by atoms with van der Waals surface area (Å²) in [7, 11) is 0. The maximum absolute atomic E-state index is 13.9. The molecule has 0 N–H and O–H groups in total. The molecule has 0 saturated carbocycles. The highest BCUT2D eigenvalue weighted by atomic mass is 19.1. The van der Waals surface area contributed by atoms with Gasteiger partial charge in [0.15, 0.2) is 5.69 Å². The minimum absolute atomic E-state index is 0.194. The van der Waals surface area contributed by atoms with Gasteiger partial charge in [-0.1, -0.05) is 12.1 Å². The van der Waals surface area contributed by atoms with Gasteiger partial charge in [-0.05, 0) is 18.6 Å². The Labute approximate surface area is 150 Å². The summed E-state index contributed by atoms with van der Waals surface area (Å²) < 4.78 is 19.3. The number of hydroxylamine groups is 2. The number of carbonyl (C=O) groups is 1. The molecule has 8 heteroatoms. The van der Waals surface area contributed by atoms with Crippen LogP contribution in [0.2, 0.25) is 0 Å². The molecule has 0 unspecified atom stereocenters. The molecule has 4 rings (SSSR count). The topological polar surface area (TPSA) is 62.1 Å². The molecule has 7 nitrogen and oxygen atoms in total. The van der Waals surface area contributed by atoms with Gasteiger partial charge in [-0.3, -0.25) is 14.5 Å². The van der Waals surface area contributed by atoms with Crippen molar-refractivity contribution in [2.75, 3.05) is 44.2 Å². The molecule has 138 valence electrons. The van der Waals surface area contributed by atoms with Crippen LogP contribution in [-0.4, -0.2) is 60.2 Å². The van der Waals surface area contributed by atoms with E-state index in [2.05, 4.69) is 9.88 Å². The number of anilines is 1. The van der Waals surface area contributed by atoms with Crippen LogP contribution in [0.1, 0.15) is 22.8 Å². The van der Waals surface area contributed by atoms with E-state index in [1.54, 1.807) is 12.1 Å². The smallest absolute Gasteiger partial charge is 0.299 e. The summed E-state index contributed by atoms with van der Waals surface area (Å²) in [6.07, 6.45) is 2.22. The average Bonchev–Trinajstić information content (AvgIpc) is 3.35. The zero-order valence-electron chi connectivity index (χ0n) is 14.4. The van der Waals surface area contributed by atoms with Gasteiger partial charge in [0.2, 0.25) is 5.89 Å². The number of hydrogen-bond acceptors (Lipinski definition) is 6. The van der Waals surface area contributed by atoms with Gasteiger partial charge in [0.05, 0.1) is 25.4 Å². The Hall–Kier alpha value is -2.45. The highest BCUT2D eigenvalue weighted by Crippen LogP contribution is 2.21. The summed E-state index contributed by atoms with van der Waals surface area (Å²) >= 11 is 0. The third-order valence-corrected chi connectivity index (χ3v) is 4.67. The second-order valence-corrected chi connectivity index (χ2v) is 6.44. The average molecular weight is 360 g/mol. The Morgan fingerprint density at radius 1 is 1.15 bits per heavy atom. The number of carbonyl (C=O) groups excluding carboxylic acids is 1. The third-order valence-electron chi connectivity index (χ3n) is 4.67. The number of hydrogen-bond donors (Lipinski definition) is 0. The van der Waals surface area contributed by atoms with E-state index in [-0.39, 0.29) is 17.4 Å². The predicted molar refractivity (Wildman–Crippen MR) is 92.0 cm³/mol. The monoisotopic (exact) mass is 360 g/mol. The summed E-state index contributed by atoms with van der Waals surface area (Å²) in [5, 5.41) is 1.33. The number of halogens is 1. The Kier molecular flexibility index (Phi) is 4.85. The fourth-order valence-corrected chi connectivity index (χ4v) is 3.26. The number of aromatic nitrogens is 1. The van der Waals surface area contributed by atoms with Crippen molar-refractivity contribution in [3.05, 3.63) is 47.9 Å². The number of piperazine rings is 1. The Bertz CT molecular complexity index is 767. The van der Waals surface area contributed by atoms with E-state index in [1.807, 2.05) is 11.0 Å². The molecule has 0 aliphatic carbocycles. The minimum atomic E-state index is -0.262. The van der Waals surface area contributed by atoms with Crippen molar-refractivity contribution in [1.29, 1.82) is 0 Å². The van der Waals surface area contributed by atoms with Crippen molar-refractivity contribution in [3.63, 3.8) is 0 Å². The third kappa shape index (κ3) is 3.56. The summed E-state index contributed by atoms with van der Waals surface area (Å²) in [6.45, 7) is 4.68. The van der Waals surface area contributed by atoms with Gasteiger partial charge >= 0.3 is 0 Å². The molecule has 1 aromatic heterocycles. The first kappa shape index (κ1) is 17.0. The van der Waals surface area contributed by atoms with E-state index in [4.69, 9.17) is 9.25 Å². The lowest BCUT2D eigenvalue weighted by atomic mass is 10.2. The first-order valence-corrected chi connectivity index (χ1v) is 8.82. The van der Waals surface area contributed by atoms with Crippen LogP contribution in [0.4, 0.5) is 10.1 Å². The van der Waals surface area contributed by atoms with Crippen molar-refractivity contribution in [2.45, 2.75) is 13.0 Å². The number of amides is 1. The van der Waals surface area contributed by atoms with E-state index in [0.29, 0.717) is 31.3 Å². The summed E-state index contributed by atoms with van der Waals surface area (Å²) in [4.78, 5) is 26.0. The maximum Gasteiger partial charge on any atom is 0.299 e. The zero-order valence-corrected chi connectivity index (χ0v) is 14.4. The van der Waals surface area contributed by atoms with Crippen LogP contribution < -0.4 is 4.90 Å². The Morgan fingerprint density at radius 3 is 2.69 bits per heavy atom. The lowest BCUT2D eigenvalue weighted by molar-refractivity contribution is -0.0771. The van der Waals surface area contributed by atoms with E-state index < -0.39 is 0 Å². The molecular weight excluding hydrogens is 339 g/mol. The Balaban J connectivity index is 1.32. The van der Waals surface area contributed by atoms with Crippen LogP contribution in [-0.2, 0) is 11.4 Å². The SMILES string of the molecule is O=C(c1coc(CN2CCN(c3ccccc3F)CC2)n1)N1CCCO1. The molecule has 3 heterocycles. The molecule has 2 aliphatic heterocycles. The molecule has 2 aromatic rings. The molecule has 0 radical (unpaired) electrons. The van der Waals surface area contributed by atoms with Gasteiger partial charge < -0.3 is 9.32 Å². The second-order valence-electron chi connectivity index (χ2n) is 6.44. The fraction of sp³-hybridized carbons (Fsp3) is 0.444. The molecular formula is C18H21FN4O3. The van der Waals surface area contributed by atoms with Crippen molar-refractivity contribution < 1.29 is 18.4 Å². The number of benzene rings is 1. The summed E-state index contributed by atoms with van der Waals surface area (Å²) in [6, 6.07) is 6.83. The first-order chi connectivity index (χ1) is 12.7. The number of para-hydroxylation sites is 1. The molecule has 1 amide bonds. The molecule has 0 atom stereocenters. The van der Waals surface area contributed by atoms with Crippen molar-refractivity contribution >= 4 is 11.6 Å². The summed E-state index contributed by atoms with van der Waals surface area (Å²) in [5.41, 5.74) is 0.911. The lowest BCUT2D eigenvalue weighted by Crippen LogP contribution is -2.46.